The predicted octanol–water partition coefficient (Wildman–Crippen LogP) is -0.452. The molecule has 0 aliphatic carbocycles. The standard InChI is InChI=1S/C8H9N5O/c1-12-5-6(4-10-12)13-3-2-7(14)8(9)11-13/h2-5H,1H3,(H2,9,11). The van der Waals surface area contributed by atoms with Crippen LogP contribution in [0, 0.1) is 0 Å². The van der Waals surface area contributed by atoms with Crippen molar-refractivity contribution in [3.8, 4) is 5.69 Å². The van der Waals surface area contributed by atoms with Crippen LogP contribution < -0.4 is 11.2 Å². The van der Waals surface area contributed by atoms with Crippen molar-refractivity contribution in [3.05, 3.63) is 34.9 Å². The van der Waals surface area contributed by atoms with Gasteiger partial charge < -0.3 is 5.73 Å². The Morgan fingerprint density at radius 2 is 2.29 bits per heavy atom. The van der Waals surface area contributed by atoms with E-state index in [-0.39, 0.29) is 11.2 Å². The molecule has 2 aromatic heterocycles. The van der Waals surface area contributed by atoms with Gasteiger partial charge in [0.15, 0.2) is 5.82 Å². The van der Waals surface area contributed by atoms with Crippen LogP contribution in [0.2, 0.25) is 0 Å². The first kappa shape index (κ1) is 8.49. The Balaban J connectivity index is 2.52. The molecule has 0 radical (unpaired) electrons. The average Bonchev–Trinajstić information content (AvgIpc) is 2.57. The number of anilines is 1. The van der Waals surface area contributed by atoms with Crippen LogP contribution in [-0.4, -0.2) is 19.6 Å². The van der Waals surface area contributed by atoms with Crippen molar-refractivity contribution in [1.82, 2.24) is 19.6 Å². The molecule has 2 aromatic rings. The van der Waals surface area contributed by atoms with E-state index < -0.39 is 0 Å². The average molecular weight is 191 g/mol. The zero-order chi connectivity index (χ0) is 10.1. The van der Waals surface area contributed by atoms with E-state index in [9.17, 15) is 4.79 Å². The number of nitrogens with two attached hydrogens (primary N) is 1. The molecular weight excluding hydrogens is 182 g/mol. The summed E-state index contributed by atoms with van der Waals surface area (Å²) in [5.41, 5.74) is 5.88. The summed E-state index contributed by atoms with van der Waals surface area (Å²) in [6.07, 6.45) is 4.96. The van der Waals surface area contributed by atoms with Crippen molar-refractivity contribution < 1.29 is 0 Å². The van der Waals surface area contributed by atoms with Crippen LogP contribution >= 0.6 is 0 Å². The number of aromatic nitrogens is 4. The lowest BCUT2D eigenvalue weighted by molar-refractivity contribution is 0.765. The molecule has 0 atom stereocenters. The van der Waals surface area contributed by atoms with E-state index in [4.69, 9.17) is 5.73 Å². The second kappa shape index (κ2) is 2.99. The van der Waals surface area contributed by atoms with Gasteiger partial charge in [-0.3, -0.25) is 9.48 Å². The first-order chi connectivity index (χ1) is 6.66. The van der Waals surface area contributed by atoms with E-state index in [1.54, 1.807) is 30.3 Å². The maximum atomic E-state index is 11.0. The summed E-state index contributed by atoms with van der Waals surface area (Å²) >= 11 is 0. The van der Waals surface area contributed by atoms with Gasteiger partial charge in [-0.1, -0.05) is 0 Å². The molecule has 0 amide bonds. The fourth-order valence-corrected chi connectivity index (χ4v) is 1.09. The Labute approximate surface area is 79.6 Å². The maximum absolute atomic E-state index is 11.0. The second-order valence-electron chi connectivity index (χ2n) is 2.88. The third-order valence-corrected chi connectivity index (χ3v) is 1.79. The highest BCUT2D eigenvalue weighted by molar-refractivity contribution is 5.29. The van der Waals surface area contributed by atoms with Crippen LogP contribution in [0.15, 0.2) is 29.5 Å². The molecule has 6 nitrogen and oxygen atoms in total. The molecule has 0 aliphatic heterocycles. The van der Waals surface area contributed by atoms with Gasteiger partial charge in [-0.05, 0) is 0 Å². The summed E-state index contributed by atoms with van der Waals surface area (Å²) < 4.78 is 3.15. The minimum Gasteiger partial charge on any atom is -0.379 e. The van der Waals surface area contributed by atoms with Gasteiger partial charge in [-0.25, -0.2) is 4.68 Å². The van der Waals surface area contributed by atoms with Crippen LogP contribution in [0.5, 0.6) is 0 Å². The minimum absolute atomic E-state index is 0.0173. The van der Waals surface area contributed by atoms with Crippen molar-refractivity contribution in [1.29, 1.82) is 0 Å². The molecule has 0 saturated carbocycles. The van der Waals surface area contributed by atoms with E-state index in [2.05, 4.69) is 10.2 Å². The molecule has 0 spiro atoms. The lowest BCUT2D eigenvalue weighted by Gasteiger charge is -2.00. The van der Waals surface area contributed by atoms with E-state index in [0.29, 0.717) is 0 Å². The Morgan fingerprint density at radius 3 is 2.86 bits per heavy atom. The fraction of sp³-hybridized carbons (Fsp3) is 0.125. The van der Waals surface area contributed by atoms with Crippen molar-refractivity contribution in [2.45, 2.75) is 0 Å². The molecule has 0 unspecified atom stereocenters. The Hall–Kier alpha value is -2.11. The maximum Gasteiger partial charge on any atom is 0.223 e. The molecule has 2 rings (SSSR count). The molecule has 0 bridgehead atoms. The van der Waals surface area contributed by atoms with Crippen LogP contribution in [0.4, 0.5) is 5.82 Å². The highest BCUT2D eigenvalue weighted by Gasteiger charge is 2.00. The van der Waals surface area contributed by atoms with Gasteiger partial charge >= 0.3 is 0 Å². The van der Waals surface area contributed by atoms with Gasteiger partial charge in [0, 0.05) is 19.3 Å². The first-order valence-corrected chi connectivity index (χ1v) is 4.01. The molecule has 0 aliphatic rings. The third-order valence-electron chi connectivity index (χ3n) is 1.79. The summed E-state index contributed by atoms with van der Waals surface area (Å²) in [6, 6.07) is 1.37. The number of nitrogens with zero attached hydrogens (tertiary/aromatic N) is 4. The van der Waals surface area contributed by atoms with E-state index in [1.165, 1.54) is 10.7 Å². The van der Waals surface area contributed by atoms with Crippen LogP contribution in [0.1, 0.15) is 0 Å². The van der Waals surface area contributed by atoms with E-state index in [1.807, 2.05) is 0 Å². The monoisotopic (exact) mass is 191 g/mol. The largest absolute Gasteiger partial charge is 0.379 e. The quantitative estimate of drug-likeness (QED) is 0.662. The van der Waals surface area contributed by atoms with Gasteiger partial charge in [0.25, 0.3) is 0 Å². The first-order valence-electron chi connectivity index (χ1n) is 4.01. The number of rotatable bonds is 1. The smallest absolute Gasteiger partial charge is 0.223 e. The predicted molar refractivity (Wildman–Crippen MR) is 51.0 cm³/mol. The zero-order valence-corrected chi connectivity index (χ0v) is 7.58. The van der Waals surface area contributed by atoms with Gasteiger partial charge in [-0.2, -0.15) is 5.10 Å². The molecular formula is C8H9N5O. The lowest BCUT2D eigenvalue weighted by atomic mass is 10.5. The minimum atomic E-state index is -0.273. The topological polar surface area (TPSA) is 78.7 Å². The summed E-state index contributed by atoms with van der Waals surface area (Å²) in [7, 11) is 1.80. The third kappa shape index (κ3) is 1.37. The number of aryl methyl sites for hydroxylation is 1. The SMILES string of the molecule is Cn1cc(-n2ccc(=O)c(N)n2)cn1. The number of nitrogen functional groups attached to an aromatic ring is 1. The summed E-state index contributed by atoms with van der Waals surface area (Å²) in [5, 5.41) is 7.87. The Morgan fingerprint density at radius 1 is 1.50 bits per heavy atom. The second-order valence-corrected chi connectivity index (χ2v) is 2.88. The van der Waals surface area contributed by atoms with Crippen molar-refractivity contribution >= 4 is 5.82 Å². The molecule has 72 valence electrons. The van der Waals surface area contributed by atoms with Gasteiger partial charge in [-0.15, -0.1) is 5.10 Å². The molecule has 0 fully saturated rings. The summed E-state index contributed by atoms with van der Waals surface area (Å²) in [4.78, 5) is 11.0. The highest BCUT2D eigenvalue weighted by atomic mass is 16.1. The van der Waals surface area contributed by atoms with E-state index >= 15 is 0 Å². The lowest BCUT2D eigenvalue weighted by Crippen LogP contribution is -2.14. The number of hydrogen-bond donors (Lipinski definition) is 1. The summed E-state index contributed by atoms with van der Waals surface area (Å²) in [6.45, 7) is 0. The number of hydrogen-bond acceptors (Lipinski definition) is 4. The van der Waals surface area contributed by atoms with Crippen LogP contribution in [0.3, 0.4) is 0 Å². The molecule has 6 heteroatoms. The van der Waals surface area contributed by atoms with E-state index in [0.717, 1.165) is 5.69 Å². The molecule has 0 aromatic carbocycles. The normalized spacial score (nSPS) is 10.4. The molecule has 0 saturated heterocycles. The van der Waals surface area contributed by atoms with Crippen molar-refractivity contribution in [2.75, 3.05) is 5.73 Å². The fourth-order valence-electron chi connectivity index (χ4n) is 1.09. The van der Waals surface area contributed by atoms with Crippen molar-refractivity contribution in [2.24, 2.45) is 7.05 Å². The Bertz CT molecular complexity index is 512. The molecule has 14 heavy (non-hydrogen) atoms. The van der Waals surface area contributed by atoms with Crippen LogP contribution in [-0.2, 0) is 7.05 Å². The summed E-state index contributed by atoms with van der Waals surface area (Å²) in [5.74, 6) is -0.0173. The molecule has 2 heterocycles. The van der Waals surface area contributed by atoms with Gasteiger partial charge in [0.05, 0.1) is 12.4 Å². The van der Waals surface area contributed by atoms with Gasteiger partial charge in [0.2, 0.25) is 5.43 Å². The zero-order valence-electron chi connectivity index (χ0n) is 7.58. The van der Waals surface area contributed by atoms with Gasteiger partial charge in [0.1, 0.15) is 5.69 Å². The Kier molecular flexibility index (Phi) is 1.81. The van der Waals surface area contributed by atoms with Crippen LogP contribution in [0.25, 0.3) is 5.69 Å². The highest BCUT2D eigenvalue weighted by Crippen LogP contribution is 2.02. The van der Waals surface area contributed by atoms with Crippen molar-refractivity contribution in [3.63, 3.8) is 0 Å². The molecule has 2 N–H and O–H groups in total.